The molecule has 4 nitrogen and oxygen atoms in total. The number of nitrogens with one attached hydrogen (secondary N) is 1. The van der Waals surface area contributed by atoms with Gasteiger partial charge in [-0.25, -0.2) is 4.39 Å². The first kappa shape index (κ1) is 15.5. The quantitative estimate of drug-likeness (QED) is 0.903. The fourth-order valence-electron chi connectivity index (χ4n) is 2.40. The molecule has 1 aliphatic heterocycles. The van der Waals surface area contributed by atoms with Crippen LogP contribution in [0.1, 0.15) is 32.3 Å². The lowest BCUT2D eigenvalue weighted by molar-refractivity contribution is -0.129. The van der Waals surface area contributed by atoms with E-state index in [1.807, 2.05) is 13.8 Å². The first-order chi connectivity index (χ1) is 10.0. The Kier molecular flexibility index (Phi) is 4.94. The SMILES string of the molecule is CCC(C)NC(=O)C1CC(=O)N(Cc2ccccc2F)C1. The van der Waals surface area contributed by atoms with Gasteiger partial charge in [0.15, 0.2) is 0 Å². The predicted molar refractivity (Wildman–Crippen MR) is 77.8 cm³/mol. The zero-order valence-corrected chi connectivity index (χ0v) is 12.4. The fraction of sp³-hybridized carbons (Fsp3) is 0.500. The molecule has 0 radical (unpaired) electrons. The molecule has 0 spiro atoms. The zero-order chi connectivity index (χ0) is 15.4. The van der Waals surface area contributed by atoms with Gasteiger partial charge >= 0.3 is 0 Å². The van der Waals surface area contributed by atoms with Crippen LogP contribution in [0.4, 0.5) is 4.39 Å². The average Bonchev–Trinajstić information content (AvgIpc) is 2.82. The molecule has 1 aromatic rings. The van der Waals surface area contributed by atoms with Gasteiger partial charge in [0.25, 0.3) is 0 Å². The lowest BCUT2D eigenvalue weighted by atomic mass is 10.1. The molecule has 1 N–H and O–H groups in total. The molecule has 5 heteroatoms. The van der Waals surface area contributed by atoms with Gasteiger partial charge in [0, 0.05) is 31.1 Å². The van der Waals surface area contributed by atoms with Crippen LogP contribution in [0.3, 0.4) is 0 Å². The summed E-state index contributed by atoms with van der Waals surface area (Å²) in [5, 5.41) is 2.90. The van der Waals surface area contributed by atoms with E-state index in [0.717, 1.165) is 6.42 Å². The summed E-state index contributed by atoms with van der Waals surface area (Å²) in [5.74, 6) is -0.840. The smallest absolute Gasteiger partial charge is 0.225 e. The number of carbonyl (C=O) groups is 2. The third kappa shape index (κ3) is 3.80. The van der Waals surface area contributed by atoms with Gasteiger partial charge < -0.3 is 10.2 Å². The second-order valence-corrected chi connectivity index (χ2v) is 5.58. The molecular formula is C16H21FN2O2. The van der Waals surface area contributed by atoms with Gasteiger partial charge in [-0.05, 0) is 19.4 Å². The topological polar surface area (TPSA) is 49.4 Å². The maximum absolute atomic E-state index is 13.6. The summed E-state index contributed by atoms with van der Waals surface area (Å²) in [6.07, 6.45) is 1.06. The summed E-state index contributed by atoms with van der Waals surface area (Å²) in [5.41, 5.74) is 0.480. The van der Waals surface area contributed by atoms with E-state index in [-0.39, 0.29) is 42.6 Å². The van der Waals surface area contributed by atoms with Crippen molar-refractivity contribution in [3.63, 3.8) is 0 Å². The number of amides is 2. The highest BCUT2D eigenvalue weighted by Gasteiger charge is 2.34. The largest absolute Gasteiger partial charge is 0.353 e. The van der Waals surface area contributed by atoms with Gasteiger partial charge in [0.1, 0.15) is 5.82 Å². The van der Waals surface area contributed by atoms with Crippen molar-refractivity contribution in [2.75, 3.05) is 6.54 Å². The summed E-state index contributed by atoms with van der Waals surface area (Å²) in [6.45, 7) is 4.51. The molecule has 0 aliphatic carbocycles. The van der Waals surface area contributed by atoms with Crippen molar-refractivity contribution >= 4 is 11.8 Å². The van der Waals surface area contributed by atoms with Crippen LogP contribution >= 0.6 is 0 Å². The van der Waals surface area contributed by atoms with Crippen LogP contribution in [0.15, 0.2) is 24.3 Å². The van der Waals surface area contributed by atoms with E-state index in [1.54, 1.807) is 23.1 Å². The highest BCUT2D eigenvalue weighted by molar-refractivity contribution is 5.89. The molecule has 0 bridgehead atoms. The number of likely N-dealkylation sites (tertiary alicyclic amines) is 1. The number of benzene rings is 1. The summed E-state index contributed by atoms with van der Waals surface area (Å²) in [4.78, 5) is 25.6. The number of nitrogens with zero attached hydrogens (tertiary/aromatic N) is 1. The minimum atomic E-state index is -0.335. The third-order valence-corrected chi connectivity index (χ3v) is 3.91. The average molecular weight is 292 g/mol. The van der Waals surface area contributed by atoms with E-state index in [0.29, 0.717) is 12.1 Å². The standard InChI is InChI=1S/C16H21FN2O2/c1-3-11(2)18-16(21)13-8-15(20)19(10-13)9-12-6-4-5-7-14(12)17/h4-7,11,13H,3,8-10H2,1-2H3,(H,18,21). The number of halogens is 1. The first-order valence-corrected chi connectivity index (χ1v) is 7.32. The van der Waals surface area contributed by atoms with Crippen molar-refractivity contribution in [1.29, 1.82) is 0 Å². The van der Waals surface area contributed by atoms with E-state index < -0.39 is 0 Å². The van der Waals surface area contributed by atoms with Crippen molar-refractivity contribution in [3.05, 3.63) is 35.6 Å². The van der Waals surface area contributed by atoms with Gasteiger partial charge in [-0.15, -0.1) is 0 Å². The molecule has 2 atom stereocenters. The minimum absolute atomic E-state index is 0.0891. The Bertz CT molecular complexity index is 533. The van der Waals surface area contributed by atoms with Crippen LogP contribution in [0.25, 0.3) is 0 Å². The zero-order valence-electron chi connectivity index (χ0n) is 12.4. The molecule has 2 rings (SSSR count). The number of hydrogen-bond acceptors (Lipinski definition) is 2. The van der Waals surface area contributed by atoms with Crippen LogP contribution in [0.2, 0.25) is 0 Å². The molecule has 0 aromatic heterocycles. The van der Waals surface area contributed by atoms with E-state index >= 15 is 0 Å². The fourth-order valence-corrected chi connectivity index (χ4v) is 2.40. The van der Waals surface area contributed by atoms with Crippen molar-refractivity contribution in [1.82, 2.24) is 10.2 Å². The Morgan fingerprint density at radius 3 is 2.86 bits per heavy atom. The minimum Gasteiger partial charge on any atom is -0.353 e. The van der Waals surface area contributed by atoms with Crippen molar-refractivity contribution < 1.29 is 14.0 Å². The Morgan fingerprint density at radius 1 is 1.48 bits per heavy atom. The van der Waals surface area contributed by atoms with E-state index in [1.165, 1.54) is 6.07 Å². The molecule has 2 amide bonds. The molecule has 1 fully saturated rings. The van der Waals surface area contributed by atoms with Crippen LogP contribution in [-0.4, -0.2) is 29.3 Å². The van der Waals surface area contributed by atoms with Gasteiger partial charge in [0.05, 0.1) is 5.92 Å². The molecule has 114 valence electrons. The highest BCUT2D eigenvalue weighted by Crippen LogP contribution is 2.21. The van der Waals surface area contributed by atoms with Gasteiger partial charge in [0.2, 0.25) is 11.8 Å². The number of carbonyl (C=O) groups excluding carboxylic acids is 2. The van der Waals surface area contributed by atoms with E-state index in [4.69, 9.17) is 0 Å². The summed E-state index contributed by atoms with van der Waals surface area (Å²) >= 11 is 0. The molecule has 21 heavy (non-hydrogen) atoms. The maximum atomic E-state index is 13.6. The summed E-state index contributed by atoms with van der Waals surface area (Å²) in [7, 11) is 0. The Morgan fingerprint density at radius 2 is 2.19 bits per heavy atom. The maximum Gasteiger partial charge on any atom is 0.225 e. The second kappa shape index (κ2) is 6.70. The normalized spacial score (nSPS) is 19.7. The van der Waals surface area contributed by atoms with Crippen LogP contribution in [0.5, 0.6) is 0 Å². The summed E-state index contributed by atoms with van der Waals surface area (Å²) in [6, 6.07) is 6.50. The second-order valence-electron chi connectivity index (χ2n) is 5.58. The van der Waals surface area contributed by atoms with E-state index in [2.05, 4.69) is 5.32 Å². The van der Waals surface area contributed by atoms with Crippen molar-refractivity contribution in [3.8, 4) is 0 Å². The Labute approximate surface area is 124 Å². The number of rotatable bonds is 5. The Hall–Kier alpha value is -1.91. The first-order valence-electron chi connectivity index (χ1n) is 7.32. The van der Waals surface area contributed by atoms with Gasteiger partial charge in [-0.1, -0.05) is 25.1 Å². The van der Waals surface area contributed by atoms with Crippen LogP contribution < -0.4 is 5.32 Å². The van der Waals surface area contributed by atoms with Gasteiger partial charge in [-0.2, -0.15) is 0 Å². The van der Waals surface area contributed by atoms with Crippen molar-refractivity contribution in [2.45, 2.75) is 39.3 Å². The van der Waals surface area contributed by atoms with Crippen molar-refractivity contribution in [2.24, 2.45) is 5.92 Å². The van der Waals surface area contributed by atoms with Gasteiger partial charge in [-0.3, -0.25) is 9.59 Å². The third-order valence-electron chi connectivity index (χ3n) is 3.91. The molecule has 1 saturated heterocycles. The number of hydrogen-bond donors (Lipinski definition) is 1. The molecule has 0 saturated carbocycles. The van der Waals surface area contributed by atoms with E-state index in [9.17, 15) is 14.0 Å². The summed E-state index contributed by atoms with van der Waals surface area (Å²) < 4.78 is 13.6. The lowest BCUT2D eigenvalue weighted by Gasteiger charge is -2.18. The monoisotopic (exact) mass is 292 g/mol. The molecule has 1 aromatic carbocycles. The highest BCUT2D eigenvalue weighted by atomic mass is 19.1. The Balaban J connectivity index is 1.97. The molecule has 1 aliphatic rings. The van der Waals surface area contributed by atoms with Crippen LogP contribution in [-0.2, 0) is 16.1 Å². The molecule has 1 heterocycles. The van der Waals surface area contributed by atoms with Crippen LogP contribution in [0, 0.1) is 11.7 Å². The molecule has 2 unspecified atom stereocenters. The molecular weight excluding hydrogens is 271 g/mol. The predicted octanol–water partition coefficient (Wildman–Crippen LogP) is 2.09. The lowest BCUT2D eigenvalue weighted by Crippen LogP contribution is -2.38.